The van der Waals surface area contributed by atoms with Crippen molar-refractivity contribution in [2.45, 2.75) is 5.41 Å². The Hall–Kier alpha value is -2.43. The fourth-order valence-electron chi connectivity index (χ4n) is 4.84. The minimum absolute atomic E-state index is 0.126. The molecule has 6 rings (SSSR count). The number of rotatable bonds is 0. The Bertz CT molecular complexity index is 1090. The molecule has 3 aliphatic rings. The second-order valence-electron chi connectivity index (χ2n) is 6.62. The summed E-state index contributed by atoms with van der Waals surface area (Å²) < 4.78 is 0. The zero-order valence-corrected chi connectivity index (χ0v) is 13.9. The van der Waals surface area contributed by atoms with Gasteiger partial charge in [-0.05, 0) is 0 Å². The van der Waals surface area contributed by atoms with E-state index in [-0.39, 0.29) is 5.41 Å². The van der Waals surface area contributed by atoms with Crippen molar-refractivity contribution >= 4 is 25.0 Å². The molecule has 2 aliphatic carbocycles. The molecule has 0 radical (unpaired) electrons. The van der Waals surface area contributed by atoms with Gasteiger partial charge in [-0.2, -0.15) is 0 Å². The number of fused-ring (bicyclic) bond motifs is 9. The molecule has 0 N–H and O–H groups in total. The van der Waals surface area contributed by atoms with Gasteiger partial charge in [-0.15, -0.1) is 0 Å². The van der Waals surface area contributed by atoms with Crippen molar-refractivity contribution < 1.29 is 0 Å². The molecule has 1 aliphatic heterocycles. The SMILES string of the molecule is C1=[P+]=CC2=C1c1ccccc1C21c2ccccc2-c2ccccc21. The van der Waals surface area contributed by atoms with Crippen LogP contribution in [0.15, 0.2) is 78.4 Å². The second kappa shape index (κ2) is 4.35. The first-order chi connectivity index (χ1) is 11.9. The number of hydrogen-bond acceptors (Lipinski definition) is 0. The summed E-state index contributed by atoms with van der Waals surface area (Å²) in [7, 11) is 1.30. The molecule has 0 amide bonds. The molecule has 24 heavy (non-hydrogen) atoms. The van der Waals surface area contributed by atoms with Crippen molar-refractivity contribution in [3.05, 3.63) is 101 Å². The summed E-state index contributed by atoms with van der Waals surface area (Å²) in [5.41, 5.74) is 11.3. The number of allylic oxidation sites excluding steroid dienone is 2. The van der Waals surface area contributed by atoms with E-state index in [1.54, 1.807) is 0 Å². The first kappa shape index (κ1) is 12.9. The molecule has 0 atom stereocenters. The van der Waals surface area contributed by atoms with Crippen LogP contribution in [0.5, 0.6) is 0 Å². The zero-order valence-electron chi connectivity index (χ0n) is 13.0. The average molecular weight is 321 g/mol. The molecule has 0 aromatic heterocycles. The third kappa shape index (κ3) is 1.28. The average Bonchev–Trinajstić information content (AvgIpc) is 3.30. The third-order valence-electron chi connectivity index (χ3n) is 5.68. The first-order valence-corrected chi connectivity index (χ1v) is 9.36. The maximum atomic E-state index is 2.41. The van der Waals surface area contributed by atoms with Gasteiger partial charge < -0.3 is 0 Å². The van der Waals surface area contributed by atoms with Gasteiger partial charge >= 0.3 is 142 Å². The van der Waals surface area contributed by atoms with Crippen LogP contribution in [0.25, 0.3) is 16.7 Å². The predicted octanol–water partition coefficient (Wildman–Crippen LogP) is 5.33. The Morgan fingerprint density at radius 2 is 1.04 bits per heavy atom. The summed E-state index contributed by atoms with van der Waals surface area (Å²) in [5, 5.41) is 0. The Morgan fingerprint density at radius 1 is 0.542 bits per heavy atom. The van der Waals surface area contributed by atoms with Crippen LogP contribution in [0.4, 0.5) is 0 Å². The van der Waals surface area contributed by atoms with Crippen LogP contribution < -0.4 is 0 Å². The van der Waals surface area contributed by atoms with Gasteiger partial charge in [0.05, 0.1) is 0 Å². The molecule has 0 saturated carbocycles. The summed E-state index contributed by atoms with van der Waals surface area (Å²) >= 11 is 0. The van der Waals surface area contributed by atoms with Crippen LogP contribution in [-0.4, -0.2) is 11.6 Å². The van der Waals surface area contributed by atoms with E-state index in [1.165, 1.54) is 52.4 Å². The van der Waals surface area contributed by atoms with Gasteiger partial charge in [-0.25, -0.2) is 0 Å². The van der Waals surface area contributed by atoms with E-state index in [0.717, 1.165) is 0 Å². The normalized spacial score (nSPS) is 17.5. The van der Waals surface area contributed by atoms with Gasteiger partial charge in [0.25, 0.3) is 0 Å². The standard InChI is InChI=1S/C23H14P/c1-4-10-19-15(7-1)16-8-2-5-11-20(16)23(19)21-12-6-3-9-17(21)18-13-24-14-22(18)23/h1-14H/q+1. The molecule has 110 valence electrons. The van der Waals surface area contributed by atoms with E-state index in [2.05, 4.69) is 84.4 Å². The van der Waals surface area contributed by atoms with Crippen molar-refractivity contribution in [2.24, 2.45) is 0 Å². The van der Waals surface area contributed by atoms with E-state index in [1.807, 2.05) is 0 Å². The van der Waals surface area contributed by atoms with Crippen LogP contribution >= 0.6 is 7.83 Å². The van der Waals surface area contributed by atoms with Gasteiger partial charge in [0.2, 0.25) is 0 Å². The predicted molar refractivity (Wildman–Crippen MR) is 104 cm³/mol. The van der Waals surface area contributed by atoms with Crippen molar-refractivity contribution in [1.29, 1.82) is 0 Å². The summed E-state index contributed by atoms with van der Waals surface area (Å²) in [6, 6.07) is 26.9. The fourth-order valence-corrected chi connectivity index (χ4v) is 5.83. The zero-order chi connectivity index (χ0) is 15.7. The van der Waals surface area contributed by atoms with Crippen molar-refractivity contribution in [3.8, 4) is 11.1 Å². The monoisotopic (exact) mass is 321 g/mol. The first-order valence-electron chi connectivity index (χ1n) is 8.33. The van der Waals surface area contributed by atoms with Gasteiger partial charge in [-0.3, -0.25) is 0 Å². The molecular formula is C23H14P+. The molecule has 0 unspecified atom stereocenters. The van der Waals surface area contributed by atoms with Crippen LogP contribution in [0, 0.1) is 0 Å². The van der Waals surface area contributed by atoms with E-state index in [0.29, 0.717) is 0 Å². The van der Waals surface area contributed by atoms with Crippen molar-refractivity contribution in [2.75, 3.05) is 0 Å². The van der Waals surface area contributed by atoms with E-state index < -0.39 is 0 Å². The Morgan fingerprint density at radius 3 is 1.67 bits per heavy atom. The molecule has 0 fully saturated rings. The van der Waals surface area contributed by atoms with Gasteiger partial charge in [0.15, 0.2) is 0 Å². The fraction of sp³-hybridized carbons (Fsp3) is 0.0435. The summed E-state index contributed by atoms with van der Waals surface area (Å²) in [6.07, 6.45) is 0. The van der Waals surface area contributed by atoms with Crippen LogP contribution in [-0.2, 0) is 5.41 Å². The van der Waals surface area contributed by atoms with Gasteiger partial charge in [0, 0.05) is 0 Å². The van der Waals surface area contributed by atoms with Crippen molar-refractivity contribution in [1.82, 2.24) is 0 Å². The van der Waals surface area contributed by atoms with Gasteiger partial charge in [-0.1, -0.05) is 0 Å². The number of hydrogen-bond donors (Lipinski definition) is 0. The minimum atomic E-state index is -0.126. The molecule has 1 heterocycles. The summed E-state index contributed by atoms with van der Waals surface area (Å²) in [4.78, 5) is 0. The molecule has 0 nitrogen and oxygen atoms in total. The number of benzene rings is 3. The topological polar surface area (TPSA) is 0 Å². The quantitative estimate of drug-likeness (QED) is 0.491. The van der Waals surface area contributed by atoms with Crippen LogP contribution in [0.1, 0.15) is 22.3 Å². The van der Waals surface area contributed by atoms with E-state index in [9.17, 15) is 0 Å². The summed E-state index contributed by atoms with van der Waals surface area (Å²) in [5.74, 6) is 4.78. The van der Waals surface area contributed by atoms with E-state index in [4.69, 9.17) is 0 Å². The molecule has 1 spiro atoms. The maximum absolute atomic E-state index is 2.41. The van der Waals surface area contributed by atoms with Crippen LogP contribution in [0.2, 0.25) is 0 Å². The molecule has 0 saturated heterocycles. The molecule has 0 bridgehead atoms. The molecular weight excluding hydrogens is 307 g/mol. The van der Waals surface area contributed by atoms with Crippen molar-refractivity contribution in [3.63, 3.8) is 0 Å². The molecule has 3 aromatic carbocycles. The Kier molecular flexibility index (Phi) is 2.34. The summed E-state index contributed by atoms with van der Waals surface area (Å²) in [6.45, 7) is 0. The second-order valence-corrected chi connectivity index (χ2v) is 7.44. The van der Waals surface area contributed by atoms with Gasteiger partial charge in [0.1, 0.15) is 0 Å². The molecule has 3 aromatic rings. The van der Waals surface area contributed by atoms with E-state index >= 15 is 0 Å². The molecule has 1 heteroatoms. The Balaban J connectivity index is 1.86. The Labute approximate surface area is 142 Å². The third-order valence-corrected chi connectivity index (χ3v) is 6.49. The van der Waals surface area contributed by atoms with Crippen LogP contribution in [0.3, 0.4) is 0 Å².